The van der Waals surface area contributed by atoms with E-state index < -0.39 is 30.7 Å². The predicted octanol–water partition coefficient (Wildman–Crippen LogP) is -1.63. The highest BCUT2D eigenvalue weighted by atomic mass is 16.5. The summed E-state index contributed by atoms with van der Waals surface area (Å²) in [6, 6.07) is -1.45. The number of nitrogens with one attached hydrogen (secondary N) is 2. The van der Waals surface area contributed by atoms with Gasteiger partial charge in [-0.05, 0) is 13.8 Å². The van der Waals surface area contributed by atoms with Gasteiger partial charge in [-0.2, -0.15) is 0 Å². The molecule has 2 atom stereocenters. The van der Waals surface area contributed by atoms with Gasteiger partial charge in [-0.1, -0.05) is 0 Å². The molecule has 1 aliphatic heterocycles. The molecule has 4 N–H and O–H groups in total. The van der Waals surface area contributed by atoms with Gasteiger partial charge in [-0.15, -0.1) is 0 Å². The van der Waals surface area contributed by atoms with Gasteiger partial charge in [0, 0.05) is 12.6 Å². The van der Waals surface area contributed by atoms with E-state index in [2.05, 4.69) is 10.6 Å². The van der Waals surface area contributed by atoms with E-state index in [0.717, 1.165) is 0 Å². The summed E-state index contributed by atoms with van der Waals surface area (Å²) < 4.78 is 5.20. The fourth-order valence-corrected chi connectivity index (χ4v) is 1.82. The number of morpholine rings is 1. The maximum Gasteiger partial charge on any atom is 0.334 e. The van der Waals surface area contributed by atoms with Crippen molar-refractivity contribution in [3.63, 3.8) is 0 Å². The fraction of sp³-hybridized carbons (Fsp3) is 0.750. The lowest BCUT2D eigenvalue weighted by molar-refractivity contribution is -0.146. The molecule has 0 saturated carbocycles. The first-order valence-corrected chi connectivity index (χ1v) is 6.66. The lowest BCUT2D eigenvalue weighted by Crippen LogP contribution is -2.59. The van der Waals surface area contributed by atoms with Gasteiger partial charge in [0.15, 0.2) is 6.10 Å². The summed E-state index contributed by atoms with van der Waals surface area (Å²) in [6.45, 7) is 3.76. The molecule has 0 aliphatic carbocycles. The number of urea groups is 1. The Morgan fingerprint density at radius 3 is 2.62 bits per heavy atom. The van der Waals surface area contributed by atoms with Gasteiger partial charge in [-0.25, -0.2) is 9.59 Å². The van der Waals surface area contributed by atoms with Crippen LogP contribution in [0.4, 0.5) is 4.79 Å². The molecule has 21 heavy (non-hydrogen) atoms. The van der Waals surface area contributed by atoms with Crippen molar-refractivity contribution >= 4 is 17.9 Å². The van der Waals surface area contributed by atoms with Gasteiger partial charge in [0.25, 0.3) is 0 Å². The summed E-state index contributed by atoms with van der Waals surface area (Å²) in [5, 5.41) is 22.7. The Morgan fingerprint density at radius 2 is 2.05 bits per heavy atom. The number of amides is 3. The number of aliphatic carboxylic acids is 1. The van der Waals surface area contributed by atoms with E-state index in [1.54, 1.807) is 13.8 Å². The molecule has 1 rings (SSSR count). The van der Waals surface area contributed by atoms with Crippen molar-refractivity contribution in [2.24, 2.45) is 0 Å². The second-order valence-electron chi connectivity index (χ2n) is 4.99. The molecule has 9 nitrogen and oxygen atoms in total. The smallest absolute Gasteiger partial charge is 0.334 e. The second kappa shape index (κ2) is 7.79. The molecule has 9 heteroatoms. The molecular weight excluding hydrogens is 282 g/mol. The first kappa shape index (κ1) is 17.2. The first-order chi connectivity index (χ1) is 9.82. The monoisotopic (exact) mass is 303 g/mol. The Bertz CT molecular complexity index is 400. The molecule has 0 spiro atoms. The molecule has 1 fully saturated rings. The molecule has 3 amide bonds. The number of carboxylic acid groups (broad SMARTS) is 1. The van der Waals surface area contributed by atoms with Gasteiger partial charge >= 0.3 is 12.0 Å². The topological polar surface area (TPSA) is 128 Å². The lowest BCUT2D eigenvalue weighted by Gasteiger charge is -2.35. The van der Waals surface area contributed by atoms with E-state index in [9.17, 15) is 14.4 Å². The van der Waals surface area contributed by atoms with Gasteiger partial charge in [0.05, 0.1) is 19.8 Å². The van der Waals surface area contributed by atoms with Crippen LogP contribution in [0.2, 0.25) is 0 Å². The van der Waals surface area contributed by atoms with E-state index in [1.807, 2.05) is 0 Å². The van der Waals surface area contributed by atoms with Gasteiger partial charge in [0.2, 0.25) is 5.91 Å². The van der Waals surface area contributed by atoms with Crippen molar-refractivity contribution in [3.05, 3.63) is 0 Å². The van der Waals surface area contributed by atoms with Crippen LogP contribution < -0.4 is 10.6 Å². The maximum atomic E-state index is 12.0. The van der Waals surface area contributed by atoms with Crippen LogP contribution >= 0.6 is 0 Å². The van der Waals surface area contributed by atoms with Crippen molar-refractivity contribution in [2.75, 3.05) is 26.3 Å². The summed E-state index contributed by atoms with van der Waals surface area (Å²) in [5.74, 6) is -1.76. The molecule has 1 aliphatic rings. The van der Waals surface area contributed by atoms with Crippen molar-refractivity contribution in [2.45, 2.75) is 32.0 Å². The number of aliphatic hydroxyl groups excluding tert-OH is 1. The molecule has 1 unspecified atom stereocenters. The van der Waals surface area contributed by atoms with E-state index in [1.165, 1.54) is 4.90 Å². The van der Waals surface area contributed by atoms with Crippen LogP contribution in [0, 0.1) is 0 Å². The number of aliphatic hydroxyl groups is 1. The third-order valence-electron chi connectivity index (χ3n) is 2.85. The molecule has 0 aromatic rings. The molecule has 0 aromatic heterocycles. The summed E-state index contributed by atoms with van der Waals surface area (Å²) >= 11 is 0. The van der Waals surface area contributed by atoms with Crippen molar-refractivity contribution < 1.29 is 29.3 Å². The third kappa shape index (κ3) is 5.20. The van der Waals surface area contributed by atoms with E-state index in [-0.39, 0.29) is 25.1 Å². The van der Waals surface area contributed by atoms with Gasteiger partial charge < -0.3 is 30.5 Å². The highest BCUT2D eigenvalue weighted by molar-refractivity contribution is 5.87. The number of hydrogen-bond acceptors (Lipinski definition) is 5. The van der Waals surface area contributed by atoms with Gasteiger partial charge in [0.1, 0.15) is 6.04 Å². The quantitative estimate of drug-likeness (QED) is 0.482. The number of hydrogen-bond donors (Lipinski definition) is 4. The maximum absolute atomic E-state index is 12.0. The molecule has 1 saturated heterocycles. The van der Waals surface area contributed by atoms with E-state index in [0.29, 0.717) is 6.61 Å². The fourth-order valence-electron chi connectivity index (χ4n) is 1.82. The van der Waals surface area contributed by atoms with Crippen molar-refractivity contribution in [1.82, 2.24) is 15.5 Å². The third-order valence-corrected chi connectivity index (χ3v) is 2.85. The Morgan fingerprint density at radius 1 is 1.38 bits per heavy atom. The van der Waals surface area contributed by atoms with Crippen molar-refractivity contribution in [1.29, 1.82) is 0 Å². The Kier molecular flexibility index (Phi) is 6.38. The highest BCUT2D eigenvalue weighted by Gasteiger charge is 2.33. The zero-order valence-corrected chi connectivity index (χ0v) is 12.0. The highest BCUT2D eigenvalue weighted by Crippen LogP contribution is 2.08. The number of carbonyl (C=O) groups excluding carboxylic acids is 2. The number of carboxylic acids is 1. The number of rotatable bonds is 5. The summed E-state index contributed by atoms with van der Waals surface area (Å²) in [6.07, 6.45) is -1.68. The summed E-state index contributed by atoms with van der Waals surface area (Å²) in [7, 11) is 0. The Balaban J connectivity index is 2.61. The van der Waals surface area contributed by atoms with E-state index in [4.69, 9.17) is 14.9 Å². The standard InChI is InChI=1S/C12H21N3O6/c1-7(2)14-10(17)8-6-21-4-3-15(8)12(20)13-5-9(16)11(18)19/h7-9,16H,3-6H2,1-2H3,(H,13,20)(H,14,17)(H,18,19)/t8?,9-/m0/s1. The Hall–Kier alpha value is -1.87. The average Bonchev–Trinajstić information content (AvgIpc) is 2.43. The second-order valence-corrected chi connectivity index (χ2v) is 4.99. The van der Waals surface area contributed by atoms with Crippen LogP contribution in [-0.2, 0) is 14.3 Å². The van der Waals surface area contributed by atoms with Crippen LogP contribution in [-0.4, -0.2) is 77.5 Å². The normalized spacial score (nSPS) is 20.0. The minimum Gasteiger partial charge on any atom is -0.479 e. The Labute approximate surface area is 122 Å². The summed E-state index contributed by atoms with van der Waals surface area (Å²) in [5.41, 5.74) is 0. The van der Waals surface area contributed by atoms with Crippen LogP contribution in [0.3, 0.4) is 0 Å². The van der Waals surface area contributed by atoms with Crippen LogP contribution in [0.5, 0.6) is 0 Å². The lowest BCUT2D eigenvalue weighted by atomic mass is 10.2. The molecular formula is C12H21N3O6. The number of nitrogens with zero attached hydrogens (tertiary/aromatic N) is 1. The van der Waals surface area contributed by atoms with Crippen LogP contribution in [0.1, 0.15) is 13.8 Å². The summed E-state index contributed by atoms with van der Waals surface area (Å²) in [4.78, 5) is 35.8. The largest absolute Gasteiger partial charge is 0.479 e. The minimum atomic E-state index is -1.68. The molecule has 120 valence electrons. The van der Waals surface area contributed by atoms with Crippen LogP contribution in [0.25, 0.3) is 0 Å². The molecule has 0 radical (unpaired) electrons. The van der Waals surface area contributed by atoms with Crippen molar-refractivity contribution in [3.8, 4) is 0 Å². The van der Waals surface area contributed by atoms with Crippen LogP contribution in [0.15, 0.2) is 0 Å². The van der Waals surface area contributed by atoms with Gasteiger partial charge in [-0.3, -0.25) is 4.79 Å². The average molecular weight is 303 g/mol. The minimum absolute atomic E-state index is 0.0711. The number of ether oxygens (including phenoxy) is 1. The SMILES string of the molecule is CC(C)NC(=O)C1COCCN1C(=O)NC[C@H](O)C(=O)O. The molecule has 0 aromatic carbocycles. The predicted molar refractivity (Wildman–Crippen MR) is 71.6 cm³/mol. The van der Waals surface area contributed by atoms with E-state index >= 15 is 0 Å². The zero-order valence-electron chi connectivity index (χ0n) is 12.0. The zero-order chi connectivity index (χ0) is 16.0. The number of carbonyl (C=O) groups is 3. The molecule has 1 heterocycles. The first-order valence-electron chi connectivity index (χ1n) is 6.66. The molecule has 0 bridgehead atoms.